The minimum atomic E-state index is 0. The maximum Gasteiger partial charge on any atom is 0.0534 e. The Hall–Kier alpha value is -0.580. The molecule has 2 heterocycles. The molecule has 1 aliphatic rings. The van der Waals surface area contributed by atoms with Gasteiger partial charge in [0.25, 0.3) is 0 Å². The lowest BCUT2D eigenvalue weighted by atomic mass is 10.1. The van der Waals surface area contributed by atoms with Crippen LogP contribution < -0.4 is 5.32 Å². The van der Waals surface area contributed by atoms with Gasteiger partial charge in [0.2, 0.25) is 0 Å². The second-order valence-electron chi connectivity index (χ2n) is 4.36. The van der Waals surface area contributed by atoms with Gasteiger partial charge in [0, 0.05) is 31.4 Å². The van der Waals surface area contributed by atoms with Crippen molar-refractivity contribution in [3.8, 4) is 0 Å². The Balaban J connectivity index is 0.00000128. The van der Waals surface area contributed by atoms with Crippen molar-refractivity contribution in [2.45, 2.75) is 25.4 Å². The van der Waals surface area contributed by atoms with Crippen molar-refractivity contribution in [2.75, 3.05) is 20.1 Å². The normalized spacial score (nSPS) is 18.4. The van der Waals surface area contributed by atoms with Crippen LogP contribution in [-0.4, -0.2) is 40.9 Å². The number of hydrogen-bond donors (Lipinski definition) is 1. The van der Waals surface area contributed by atoms with Crippen molar-refractivity contribution < 1.29 is 0 Å². The van der Waals surface area contributed by atoms with Crippen LogP contribution in [0, 0.1) is 0 Å². The molecule has 5 heteroatoms. The predicted molar refractivity (Wildman–Crippen MR) is 67.8 cm³/mol. The number of halogens is 1. The van der Waals surface area contributed by atoms with E-state index >= 15 is 0 Å². The van der Waals surface area contributed by atoms with Crippen molar-refractivity contribution in [2.24, 2.45) is 7.05 Å². The highest BCUT2D eigenvalue weighted by molar-refractivity contribution is 5.85. The first-order valence-corrected chi connectivity index (χ1v) is 5.65. The van der Waals surface area contributed by atoms with Gasteiger partial charge < -0.3 is 5.32 Å². The van der Waals surface area contributed by atoms with Crippen molar-refractivity contribution in [3.63, 3.8) is 0 Å². The first-order chi connectivity index (χ1) is 7.28. The highest BCUT2D eigenvalue weighted by Gasteiger charge is 2.17. The number of nitrogens with zero attached hydrogens (tertiary/aromatic N) is 3. The molecule has 2 rings (SSSR count). The molecule has 0 atom stereocenters. The lowest BCUT2D eigenvalue weighted by Gasteiger charge is -2.31. The molecule has 0 spiro atoms. The zero-order valence-electron chi connectivity index (χ0n) is 10.0. The fraction of sp³-hybridized carbons (Fsp3) is 0.727. The van der Waals surface area contributed by atoms with E-state index in [4.69, 9.17) is 0 Å². The van der Waals surface area contributed by atoms with E-state index in [1.165, 1.54) is 31.5 Å². The number of hydrogen-bond acceptors (Lipinski definition) is 3. The van der Waals surface area contributed by atoms with Gasteiger partial charge in [-0.2, -0.15) is 5.10 Å². The van der Waals surface area contributed by atoms with E-state index in [-0.39, 0.29) is 12.4 Å². The highest BCUT2D eigenvalue weighted by atomic mass is 35.5. The fourth-order valence-corrected chi connectivity index (χ4v) is 2.19. The molecule has 0 unspecified atom stereocenters. The average molecular weight is 245 g/mol. The van der Waals surface area contributed by atoms with Crippen molar-refractivity contribution in [3.05, 3.63) is 18.0 Å². The maximum absolute atomic E-state index is 4.19. The molecule has 1 saturated heterocycles. The van der Waals surface area contributed by atoms with E-state index in [0.717, 1.165) is 12.6 Å². The summed E-state index contributed by atoms with van der Waals surface area (Å²) >= 11 is 0. The molecule has 0 saturated carbocycles. The Morgan fingerprint density at radius 3 is 2.62 bits per heavy atom. The van der Waals surface area contributed by atoms with Crippen LogP contribution in [0.3, 0.4) is 0 Å². The highest BCUT2D eigenvalue weighted by Crippen LogP contribution is 2.12. The minimum absolute atomic E-state index is 0. The largest absolute Gasteiger partial charge is 0.317 e. The van der Waals surface area contributed by atoms with Gasteiger partial charge in [-0.15, -0.1) is 12.4 Å². The quantitative estimate of drug-likeness (QED) is 0.862. The molecule has 0 aromatic carbocycles. The molecule has 92 valence electrons. The average Bonchev–Trinajstić information content (AvgIpc) is 2.65. The first kappa shape index (κ1) is 13.5. The molecule has 1 aromatic rings. The Kier molecular flexibility index (Phi) is 5.25. The molecular weight excluding hydrogens is 224 g/mol. The topological polar surface area (TPSA) is 33.1 Å². The van der Waals surface area contributed by atoms with Gasteiger partial charge in [-0.3, -0.25) is 9.58 Å². The van der Waals surface area contributed by atoms with Crippen molar-refractivity contribution in [1.82, 2.24) is 20.0 Å². The van der Waals surface area contributed by atoms with E-state index in [0.29, 0.717) is 0 Å². The molecule has 0 aliphatic carbocycles. The SMILES string of the molecule is CNC1CCN(Cc2cnn(C)c2)CC1.Cl. The zero-order chi connectivity index (χ0) is 10.7. The Labute approximate surface area is 103 Å². The molecule has 1 aliphatic heterocycles. The van der Waals surface area contributed by atoms with Crippen LogP contribution in [0.25, 0.3) is 0 Å². The van der Waals surface area contributed by atoms with Crippen molar-refractivity contribution >= 4 is 12.4 Å². The summed E-state index contributed by atoms with van der Waals surface area (Å²) in [7, 11) is 4.03. The molecule has 1 N–H and O–H groups in total. The number of aryl methyl sites for hydroxylation is 1. The zero-order valence-corrected chi connectivity index (χ0v) is 10.8. The first-order valence-electron chi connectivity index (χ1n) is 5.65. The second kappa shape index (κ2) is 6.23. The van der Waals surface area contributed by atoms with Crippen LogP contribution in [0.5, 0.6) is 0 Å². The van der Waals surface area contributed by atoms with Crippen LogP contribution in [-0.2, 0) is 13.6 Å². The summed E-state index contributed by atoms with van der Waals surface area (Å²) in [6, 6.07) is 0.718. The van der Waals surface area contributed by atoms with Gasteiger partial charge in [-0.25, -0.2) is 0 Å². The van der Waals surface area contributed by atoms with Gasteiger partial charge in [-0.1, -0.05) is 0 Å². The Morgan fingerprint density at radius 2 is 2.12 bits per heavy atom. The third-order valence-electron chi connectivity index (χ3n) is 3.16. The van der Waals surface area contributed by atoms with Gasteiger partial charge in [0.05, 0.1) is 6.20 Å². The van der Waals surface area contributed by atoms with Crippen LogP contribution in [0.1, 0.15) is 18.4 Å². The van der Waals surface area contributed by atoms with Gasteiger partial charge >= 0.3 is 0 Å². The number of piperidine rings is 1. The number of aromatic nitrogens is 2. The molecular formula is C11H21ClN4. The number of nitrogens with one attached hydrogen (secondary N) is 1. The summed E-state index contributed by atoms with van der Waals surface area (Å²) in [5.41, 5.74) is 1.32. The number of rotatable bonds is 3. The summed E-state index contributed by atoms with van der Waals surface area (Å²) in [5.74, 6) is 0. The summed E-state index contributed by atoms with van der Waals surface area (Å²) in [6.07, 6.45) is 6.59. The molecule has 4 nitrogen and oxygen atoms in total. The smallest absolute Gasteiger partial charge is 0.0534 e. The third-order valence-corrected chi connectivity index (χ3v) is 3.16. The van der Waals surface area contributed by atoms with E-state index < -0.39 is 0 Å². The molecule has 1 fully saturated rings. The summed E-state index contributed by atoms with van der Waals surface area (Å²) in [6.45, 7) is 3.44. The Morgan fingerprint density at radius 1 is 1.44 bits per heavy atom. The lowest BCUT2D eigenvalue weighted by Crippen LogP contribution is -2.40. The molecule has 0 amide bonds. The third kappa shape index (κ3) is 3.47. The fourth-order valence-electron chi connectivity index (χ4n) is 2.19. The molecule has 1 aromatic heterocycles. The summed E-state index contributed by atoms with van der Waals surface area (Å²) in [4.78, 5) is 2.50. The van der Waals surface area contributed by atoms with E-state index in [1.54, 1.807) is 0 Å². The molecule has 16 heavy (non-hydrogen) atoms. The second-order valence-corrected chi connectivity index (χ2v) is 4.36. The van der Waals surface area contributed by atoms with Crippen molar-refractivity contribution in [1.29, 1.82) is 0 Å². The minimum Gasteiger partial charge on any atom is -0.317 e. The molecule has 0 radical (unpaired) electrons. The van der Waals surface area contributed by atoms with E-state index in [1.807, 2.05) is 17.9 Å². The molecule has 0 bridgehead atoms. The monoisotopic (exact) mass is 244 g/mol. The van der Waals surface area contributed by atoms with Crippen LogP contribution >= 0.6 is 12.4 Å². The maximum atomic E-state index is 4.19. The number of likely N-dealkylation sites (tertiary alicyclic amines) is 1. The predicted octanol–water partition coefficient (Wildman–Crippen LogP) is 1.03. The van der Waals surface area contributed by atoms with E-state index in [2.05, 4.69) is 28.6 Å². The lowest BCUT2D eigenvalue weighted by molar-refractivity contribution is 0.194. The van der Waals surface area contributed by atoms with E-state index in [9.17, 15) is 0 Å². The van der Waals surface area contributed by atoms with Gasteiger partial charge in [-0.05, 0) is 33.0 Å². The van der Waals surface area contributed by atoms with Crippen LogP contribution in [0.15, 0.2) is 12.4 Å². The van der Waals surface area contributed by atoms with Gasteiger partial charge in [0.15, 0.2) is 0 Å². The Bertz CT molecular complexity index is 305. The summed E-state index contributed by atoms with van der Waals surface area (Å²) in [5, 5.41) is 7.54. The van der Waals surface area contributed by atoms with Crippen LogP contribution in [0.2, 0.25) is 0 Å². The standard InChI is InChI=1S/C11H20N4.ClH/c1-12-11-3-5-15(6-4-11)9-10-7-13-14(2)8-10;/h7-8,11-12H,3-6,9H2,1-2H3;1H. The van der Waals surface area contributed by atoms with Gasteiger partial charge in [0.1, 0.15) is 0 Å². The summed E-state index contributed by atoms with van der Waals surface area (Å²) < 4.78 is 1.87. The van der Waals surface area contributed by atoms with Crippen LogP contribution in [0.4, 0.5) is 0 Å².